The molecular formula is C20H26N2O3. The highest BCUT2D eigenvalue weighted by Gasteiger charge is 2.43. The lowest BCUT2D eigenvalue weighted by Crippen LogP contribution is -2.49. The maximum Gasteiger partial charge on any atom is 0.137 e. The van der Waals surface area contributed by atoms with Crippen LogP contribution in [-0.4, -0.2) is 42.8 Å². The van der Waals surface area contributed by atoms with Crippen LogP contribution in [0, 0.1) is 11.3 Å². The second-order valence-corrected chi connectivity index (χ2v) is 7.24. The van der Waals surface area contributed by atoms with Gasteiger partial charge in [0.1, 0.15) is 11.5 Å². The second-order valence-electron chi connectivity index (χ2n) is 7.24. The van der Waals surface area contributed by atoms with Crippen LogP contribution >= 0.6 is 0 Å². The van der Waals surface area contributed by atoms with Crippen LogP contribution in [0.1, 0.15) is 25.0 Å². The molecule has 0 bridgehead atoms. The van der Waals surface area contributed by atoms with E-state index in [1.54, 1.807) is 18.7 Å². The highest BCUT2D eigenvalue weighted by atomic mass is 16.5. The van der Waals surface area contributed by atoms with Crippen molar-refractivity contribution in [1.82, 2.24) is 9.88 Å². The van der Waals surface area contributed by atoms with Crippen molar-refractivity contribution in [1.29, 1.82) is 0 Å². The standard InChI is InChI=1S/C20H26N2O3/c1-3-18(13-21-8-1)25-16-17-15-23-12-7-20(17)5-9-22(10-6-20)14-19-4-2-11-24-19/h1-4,8,11,13,17H,5-7,9-10,12,14-16H2. The summed E-state index contributed by atoms with van der Waals surface area (Å²) in [6, 6.07) is 7.90. The Kier molecular flexibility index (Phi) is 5.04. The fourth-order valence-electron chi connectivity index (χ4n) is 4.17. The lowest BCUT2D eigenvalue weighted by Gasteiger charge is -2.48. The molecular weight excluding hydrogens is 316 g/mol. The van der Waals surface area contributed by atoms with Crippen LogP contribution < -0.4 is 4.74 Å². The molecule has 0 aromatic carbocycles. The zero-order chi connectivity index (χ0) is 17.0. The number of aromatic nitrogens is 1. The number of hydrogen-bond donors (Lipinski definition) is 0. The van der Waals surface area contributed by atoms with E-state index in [-0.39, 0.29) is 0 Å². The second kappa shape index (κ2) is 7.58. The van der Waals surface area contributed by atoms with Crippen LogP contribution in [0.3, 0.4) is 0 Å². The van der Waals surface area contributed by atoms with Gasteiger partial charge in [-0.15, -0.1) is 0 Å². The molecule has 0 amide bonds. The number of hydrogen-bond acceptors (Lipinski definition) is 5. The van der Waals surface area contributed by atoms with E-state index in [2.05, 4.69) is 16.0 Å². The van der Waals surface area contributed by atoms with Gasteiger partial charge in [-0.3, -0.25) is 9.88 Å². The van der Waals surface area contributed by atoms with E-state index in [0.29, 0.717) is 17.9 Å². The van der Waals surface area contributed by atoms with Gasteiger partial charge in [-0.05, 0) is 62.0 Å². The molecule has 4 rings (SSSR count). The zero-order valence-electron chi connectivity index (χ0n) is 14.6. The lowest BCUT2D eigenvalue weighted by molar-refractivity contribution is -0.0868. The quantitative estimate of drug-likeness (QED) is 0.834. The summed E-state index contributed by atoms with van der Waals surface area (Å²) < 4.78 is 17.3. The van der Waals surface area contributed by atoms with Crippen molar-refractivity contribution in [2.24, 2.45) is 11.3 Å². The average Bonchev–Trinajstić information content (AvgIpc) is 3.17. The first-order valence-corrected chi connectivity index (χ1v) is 9.19. The van der Waals surface area contributed by atoms with Crippen molar-refractivity contribution < 1.29 is 13.9 Å². The Morgan fingerprint density at radius 2 is 2.12 bits per heavy atom. The Morgan fingerprint density at radius 1 is 1.20 bits per heavy atom. The number of pyridine rings is 1. The van der Waals surface area contributed by atoms with Crippen LogP contribution in [0.25, 0.3) is 0 Å². The molecule has 2 fully saturated rings. The monoisotopic (exact) mass is 342 g/mol. The van der Waals surface area contributed by atoms with Gasteiger partial charge < -0.3 is 13.9 Å². The number of piperidine rings is 1. The third kappa shape index (κ3) is 3.88. The third-order valence-electron chi connectivity index (χ3n) is 5.83. The van der Waals surface area contributed by atoms with Gasteiger partial charge in [0.05, 0.1) is 32.2 Å². The molecule has 2 aliphatic heterocycles. The molecule has 1 unspecified atom stereocenters. The zero-order valence-corrected chi connectivity index (χ0v) is 14.6. The summed E-state index contributed by atoms with van der Waals surface area (Å²) in [7, 11) is 0. The van der Waals surface area contributed by atoms with Gasteiger partial charge in [0, 0.05) is 18.7 Å². The molecule has 0 aliphatic carbocycles. The van der Waals surface area contributed by atoms with Crippen LogP contribution in [-0.2, 0) is 11.3 Å². The molecule has 5 heteroatoms. The third-order valence-corrected chi connectivity index (χ3v) is 5.83. The molecule has 2 aromatic rings. The summed E-state index contributed by atoms with van der Waals surface area (Å²) in [5.74, 6) is 2.35. The maximum absolute atomic E-state index is 6.01. The smallest absolute Gasteiger partial charge is 0.137 e. The molecule has 5 nitrogen and oxygen atoms in total. The topological polar surface area (TPSA) is 47.7 Å². The molecule has 1 spiro atoms. The van der Waals surface area contributed by atoms with E-state index < -0.39 is 0 Å². The molecule has 0 radical (unpaired) electrons. The molecule has 2 aliphatic rings. The molecule has 25 heavy (non-hydrogen) atoms. The van der Waals surface area contributed by atoms with Gasteiger partial charge in [-0.2, -0.15) is 0 Å². The van der Waals surface area contributed by atoms with Gasteiger partial charge in [-0.25, -0.2) is 0 Å². The molecule has 1 atom stereocenters. The van der Waals surface area contributed by atoms with Crippen molar-refractivity contribution in [2.45, 2.75) is 25.8 Å². The highest BCUT2D eigenvalue weighted by Crippen LogP contribution is 2.45. The lowest BCUT2D eigenvalue weighted by atomic mass is 9.66. The van der Waals surface area contributed by atoms with E-state index in [1.165, 1.54) is 12.8 Å². The van der Waals surface area contributed by atoms with Gasteiger partial charge in [0.25, 0.3) is 0 Å². The van der Waals surface area contributed by atoms with Crippen molar-refractivity contribution in [3.8, 4) is 5.75 Å². The highest BCUT2D eigenvalue weighted by molar-refractivity contribution is 5.15. The minimum Gasteiger partial charge on any atom is -0.492 e. The summed E-state index contributed by atoms with van der Waals surface area (Å²) in [6.07, 6.45) is 8.86. The fourth-order valence-corrected chi connectivity index (χ4v) is 4.17. The van der Waals surface area contributed by atoms with Crippen LogP contribution in [0.4, 0.5) is 0 Å². The minimum atomic E-state index is 0.347. The van der Waals surface area contributed by atoms with Crippen LogP contribution in [0.5, 0.6) is 5.75 Å². The van der Waals surface area contributed by atoms with Crippen molar-refractivity contribution in [3.63, 3.8) is 0 Å². The van der Waals surface area contributed by atoms with Gasteiger partial charge in [0.2, 0.25) is 0 Å². The normalized spacial score (nSPS) is 23.6. The van der Waals surface area contributed by atoms with Gasteiger partial charge >= 0.3 is 0 Å². The molecule has 0 saturated carbocycles. The largest absolute Gasteiger partial charge is 0.492 e. The van der Waals surface area contributed by atoms with Crippen molar-refractivity contribution >= 4 is 0 Å². The van der Waals surface area contributed by atoms with E-state index in [1.807, 2.05) is 18.2 Å². The summed E-state index contributed by atoms with van der Waals surface area (Å²) in [4.78, 5) is 6.62. The van der Waals surface area contributed by atoms with Gasteiger partial charge in [0.15, 0.2) is 0 Å². The summed E-state index contributed by atoms with van der Waals surface area (Å²) in [5, 5.41) is 0. The Balaban J connectivity index is 1.35. The van der Waals surface area contributed by atoms with E-state index in [9.17, 15) is 0 Å². The Hall–Kier alpha value is -1.85. The summed E-state index contributed by atoms with van der Waals surface area (Å²) in [5.41, 5.74) is 0.347. The summed E-state index contributed by atoms with van der Waals surface area (Å²) in [6.45, 7) is 5.54. The SMILES string of the molecule is c1cncc(OCC2COCCC23CCN(Cc2ccco2)CC3)c1. The molecule has 2 aromatic heterocycles. The number of nitrogens with zero attached hydrogens (tertiary/aromatic N) is 2. The average molecular weight is 342 g/mol. The number of rotatable bonds is 5. The predicted octanol–water partition coefficient (Wildman–Crippen LogP) is 3.37. The molecule has 0 N–H and O–H groups in total. The Morgan fingerprint density at radius 3 is 2.88 bits per heavy atom. The molecule has 4 heterocycles. The Bertz CT molecular complexity index is 636. The number of furan rings is 1. The van der Waals surface area contributed by atoms with E-state index in [4.69, 9.17) is 13.9 Å². The van der Waals surface area contributed by atoms with Crippen molar-refractivity contribution in [3.05, 3.63) is 48.7 Å². The Labute approximate surface area is 148 Å². The van der Waals surface area contributed by atoms with E-state index >= 15 is 0 Å². The van der Waals surface area contributed by atoms with Crippen LogP contribution in [0.2, 0.25) is 0 Å². The first-order valence-electron chi connectivity index (χ1n) is 9.19. The summed E-state index contributed by atoms with van der Waals surface area (Å²) >= 11 is 0. The molecule has 2 saturated heterocycles. The van der Waals surface area contributed by atoms with Crippen molar-refractivity contribution in [2.75, 3.05) is 32.9 Å². The van der Waals surface area contributed by atoms with Gasteiger partial charge in [-0.1, -0.05) is 0 Å². The fraction of sp³-hybridized carbons (Fsp3) is 0.550. The van der Waals surface area contributed by atoms with E-state index in [0.717, 1.165) is 50.8 Å². The first-order chi connectivity index (χ1) is 12.3. The van der Waals surface area contributed by atoms with Crippen LogP contribution in [0.15, 0.2) is 47.3 Å². The molecule has 134 valence electrons. The predicted molar refractivity (Wildman–Crippen MR) is 94.3 cm³/mol. The number of likely N-dealkylation sites (tertiary alicyclic amines) is 1. The maximum atomic E-state index is 6.01. The first kappa shape index (κ1) is 16.6. The minimum absolute atomic E-state index is 0.347. The number of ether oxygens (including phenoxy) is 2.